The smallest absolute Gasteiger partial charge is 0.303 e. The van der Waals surface area contributed by atoms with Gasteiger partial charge in [0, 0.05) is 24.1 Å². The van der Waals surface area contributed by atoms with Crippen LogP contribution in [0.5, 0.6) is 5.75 Å². The van der Waals surface area contributed by atoms with Gasteiger partial charge in [-0.15, -0.1) is 0 Å². The third-order valence-corrected chi connectivity index (χ3v) is 3.03. The number of benzene rings is 2. The maximum atomic E-state index is 10.5. The lowest BCUT2D eigenvalue weighted by Gasteiger charge is -2.09. The molecule has 0 radical (unpaired) electrons. The molecule has 4 heteroatoms. The van der Waals surface area contributed by atoms with Crippen LogP contribution in [0.15, 0.2) is 59.6 Å². The van der Waals surface area contributed by atoms with Crippen LogP contribution in [-0.2, 0) is 4.79 Å². The van der Waals surface area contributed by atoms with Gasteiger partial charge in [-0.05, 0) is 18.6 Å². The number of phenolic OH excluding ortho intramolecular Hbond substituents is 1. The number of hydrogen-bond donors (Lipinski definition) is 2. The highest BCUT2D eigenvalue weighted by Crippen LogP contribution is 2.20. The summed E-state index contributed by atoms with van der Waals surface area (Å²) >= 11 is 0. The van der Waals surface area contributed by atoms with Gasteiger partial charge in [-0.25, -0.2) is 0 Å². The van der Waals surface area contributed by atoms with Crippen LogP contribution in [0.1, 0.15) is 24.0 Å². The monoisotopic (exact) mass is 283 g/mol. The Bertz CT molecular complexity index is 635. The first-order valence-corrected chi connectivity index (χ1v) is 6.78. The van der Waals surface area contributed by atoms with Gasteiger partial charge < -0.3 is 10.2 Å². The van der Waals surface area contributed by atoms with Crippen LogP contribution in [0.4, 0.5) is 0 Å². The van der Waals surface area contributed by atoms with Crippen molar-refractivity contribution in [3.05, 3.63) is 65.7 Å². The first-order valence-electron chi connectivity index (χ1n) is 6.78. The van der Waals surface area contributed by atoms with Crippen molar-refractivity contribution in [2.45, 2.75) is 12.8 Å². The van der Waals surface area contributed by atoms with Crippen LogP contribution in [0.2, 0.25) is 0 Å². The Morgan fingerprint density at radius 3 is 2.33 bits per heavy atom. The molecule has 0 atom stereocenters. The number of phenols is 1. The normalized spacial score (nSPS) is 11.3. The van der Waals surface area contributed by atoms with E-state index in [-0.39, 0.29) is 12.2 Å². The van der Waals surface area contributed by atoms with E-state index in [2.05, 4.69) is 4.99 Å². The maximum absolute atomic E-state index is 10.5. The second kappa shape index (κ2) is 7.24. The average Bonchev–Trinajstić information content (AvgIpc) is 2.49. The maximum Gasteiger partial charge on any atom is 0.303 e. The summed E-state index contributed by atoms with van der Waals surface area (Å²) in [4.78, 5) is 15.0. The molecule has 2 aromatic rings. The largest absolute Gasteiger partial charge is 0.507 e. The zero-order valence-electron chi connectivity index (χ0n) is 11.6. The van der Waals surface area contributed by atoms with Gasteiger partial charge >= 0.3 is 5.97 Å². The number of hydrogen-bond acceptors (Lipinski definition) is 3. The number of para-hydroxylation sites is 1. The Kier molecular flexibility index (Phi) is 5.10. The van der Waals surface area contributed by atoms with Crippen molar-refractivity contribution in [1.29, 1.82) is 0 Å². The zero-order valence-corrected chi connectivity index (χ0v) is 11.6. The summed E-state index contributed by atoms with van der Waals surface area (Å²) in [6.07, 6.45) is 0.561. The molecule has 2 aromatic carbocycles. The Hall–Kier alpha value is -2.62. The van der Waals surface area contributed by atoms with Crippen LogP contribution >= 0.6 is 0 Å². The zero-order chi connectivity index (χ0) is 15.1. The molecule has 0 saturated heterocycles. The predicted octanol–water partition coefficient (Wildman–Crippen LogP) is 3.09. The summed E-state index contributed by atoms with van der Waals surface area (Å²) in [6, 6.07) is 16.6. The van der Waals surface area contributed by atoms with Crippen molar-refractivity contribution in [2.75, 3.05) is 6.54 Å². The Balaban J connectivity index is 2.29. The summed E-state index contributed by atoms with van der Waals surface area (Å²) in [7, 11) is 0. The lowest BCUT2D eigenvalue weighted by atomic mass is 10.0. The van der Waals surface area contributed by atoms with Crippen molar-refractivity contribution in [2.24, 2.45) is 4.99 Å². The number of carboxylic acid groups (broad SMARTS) is 1. The lowest BCUT2D eigenvalue weighted by Crippen LogP contribution is -2.05. The van der Waals surface area contributed by atoms with Gasteiger partial charge in [-0.1, -0.05) is 42.5 Å². The molecule has 0 aromatic heterocycles. The van der Waals surface area contributed by atoms with Gasteiger partial charge in [0.15, 0.2) is 0 Å². The number of carbonyl (C=O) groups is 1. The second-order valence-electron chi connectivity index (χ2n) is 4.61. The highest BCUT2D eigenvalue weighted by molar-refractivity contribution is 6.14. The molecule has 108 valence electrons. The molecule has 0 fully saturated rings. The molecular formula is C17H17NO3. The molecule has 21 heavy (non-hydrogen) atoms. The fourth-order valence-corrected chi connectivity index (χ4v) is 2.02. The quantitative estimate of drug-likeness (QED) is 0.632. The number of aliphatic imine (C=N–C) groups is 1. The standard InChI is InChI=1S/C17H17NO3/c19-15-10-5-4-9-14(15)17(13-7-2-1-3-8-13)18-12-6-11-16(20)21/h1-5,7-10,19H,6,11-12H2,(H,20,21). The first-order chi connectivity index (χ1) is 10.2. The molecule has 0 amide bonds. The molecule has 0 unspecified atom stereocenters. The molecule has 2 N–H and O–H groups in total. The minimum atomic E-state index is -0.825. The van der Waals surface area contributed by atoms with Crippen molar-refractivity contribution in [3.63, 3.8) is 0 Å². The molecule has 0 aliphatic heterocycles. The van der Waals surface area contributed by atoms with E-state index in [1.54, 1.807) is 18.2 Å². The van der Waals surface area contributed by atoms with E-state index in [0.717, 1.165) is 5.56 Å². The summed E-state index contributed by atoms with van der Waals surface area (Å²) in [5.74, 6) is -0.660. The Morgan fingerprint density at radius 1 is 1.00 bits per heavy atom. The number of aliphatic carboxylic acids is 1. The lowest BCUT2D eigenvalue weighted by molar-refractivity contribution is -0.137. The number of aromatic hydroxyl groups is 1. The van der Waals surface area contributed by atoms with E-state index >= 15 is 0 Å². The second-order valence-corrected chi connectivity index (χ2v) is 4.61. The minimum Gasteiger partial charge on any atom is -0.507 e. The fourth-order valence-electron chi connectivity index (χ4n) is 2.02. The van der Waals surface area contributed by atoms with Gasteiger partial charge in [0.2, 0.25) is 0 Å². The predicted molar refractivity (Wildman–Crippen MR) is 81.9 cm³/mol. The van der Waals surface area contributed by atoms with Crippen LogP contribution in [0.25, 0.3) is 0 Å². The summed E-state index contributed by atoms with van der Waals surface area (Å²) in [6.45, 7) is 0.408. The third-order valence-electron chi connectivity index (χ3n) is 3.03. The highest BCUT2D eigenvalue weighted by Gasteiger charge is 2.10. The number of nitrogens with zero attached hydrogens (tertiary/aromatic N) is 1. The fraction of sp³-hybridized carbons (Fsp3) is 0.176. The molecule has 4 nitrogen and oxygen atoms in total. The van der Waals surface area contributed by atoms with Gasteiger partial charge in [-0.2, -0.15) is 0 Å². The summed E-state index contributed by atoms with van der Waals surface area (Å²) in [5.41, 5.74) is 2.23. The van der Waals surface area contributed by atoms with Gasteiger partial charge in [0.25, 0.3) is 0 Å². The van der Waals surface area contributed by atoms with Gasteiger partial charge in [-0.3, -0.25) is 9.79 Å². The molecule has 0 bridgehead atoms. The molecule has 0 heterocycles. The van der Waals surface area contributed by atoms with E-state index < -0.39 is 5.97 Å². The average molecular weight is 283 g/mol. The molecule has 0 spiro atoms. The molecular weight excluding hydrogens is 266 g/mol. The van der Waals surface area contributed by atoms with Gasteiger partial charge in [0.1, 0.15) is 5.75 Å². The van der Waals surface area contributed by atoms with Crippen molar-refractivity contribution in [1.82, 2.24) is 0 Å². The van der Waals surface area contributed by atoms with E-state index in [9.17, 15) is 9.90 Å². The molecule has 0 aliphatic carbocycles. The molecule has 0 saturated carbocycles. The van der Waals surface area contributed by atoms with E-state index in [1.165, 1.54) is 0 Å². The van der Waals surface area contributed by atoms with E-state index in [1.807, 2.05) is 36.4 Å². The van der Waals surface area contributed by atoms with E-state index in [0.29, 0.717) is 24.2 Å². The molecule has 2 rings (SSSR count). The van der Waals surface area contributed by atoms with Crippen molar-refractivity contribution < 1.29 is 15.0 Å². The Labute approximate surface area is 123 Å². The number of rotatable bonds is 6. The van der Waals surface area contributed by atoms with Crippen LogP contribution in [0, 0.1) is 0 Å². The first kappa shape index (κ1) is 14.8. The molecule has 0 aliphatic rings. The van der Waals surface area contributed by atoms with Crippen LogP contribution in [-0.4, -0.2) is 28.4 Å². The topological polar surface area (TPSA) is 69.9 Å². The summed E-state index contributed by atoms with van der Waals surface area (Å²) in [5, 5.41) is 18.7. The highest BCUT2D eigenvalue weighted by atomic mass is 16.4. The van der Waals surface area contributed by atoms with Gasteiger partial charge in [0.05, 0.1) is 5.71 Å². The number of carboxylic acids is 1. The van der Waals surface area contributed by atoms with Crippen LogP contribution in [0.3, 0.4) is 0 Å². The van der Waals surface area contributed by atoms with Crippen molar-refractivity contribution in [3.8, 4) is 5.75 Å². The SMILES string of the molecule is O=C(O)CCCN=C(c1ccccc1)c1ccccc1O. The van der Waals surface area contributed by atoms with Crippen molar-refractivity contribution >= 4 is 11.7 Å². The minimum absolute atomic E-state index is 0.0896. The van der Waals surface area contributed by atoms with E-state index in [4.69, 9.17) is 5.11 Å². The Morgan fingerprint density at radius 2 is 1.67 bits per heavy atom. The summed E-state index contributed by atoms with van der Waals surface area (Å²) < 4.78 is 0. The third kappa shape index (κ3) is 4.18. The van der Waals surface area contributed by atoms with Crippen LogP contribution < -0.4 is 0 Å².